The van der Waals surface area contributed by atoms with Gasteiger partial charge in [-0.15, -0.1) is 0 Å². The molecule has 0 spiro atoms. The minimum atomic E-state index is -0.663. The number of rotatable bonds is 8. The van der Waals surface area contributed by atoms with Crippen LogP contribution in [0.15, 0.2) is 4.99 Å². The first-order chi connectivity index (χ1) is 9.49. The first-order valence-electron chi connectivity index (χ1n) is 7.53. The maximum Gasteiger partial charge on any atom is 0.303 e. The molecule has 2 N–H and O–H groups in total. The van der Waals surface area contributed by atoms with E-state index < -0.39 is 5.97 Å². The van der Waals surface area contributed by atoms with Crippen LogP contribution in [0.2, 0.25) is 0 Å². The number of nitrogens with zero attached hydrogens (tertiary/aromatic N) is 2. The Kier molecular flexibility index (Phi) is 16.6. The van der Waals surface area contributed by atoms with Crippen molar-refractivity contribution in [2.45, 2.75) is 58.3 Å². The molecule has 0 aliphatic carbocycles. The highest BCUT2D eigenvalue weighted by Crippen LogP contribution is 2.07. The Morgan fingerprint density at radius 3 is 1.90 bits per heavy atom. The lowest BCUT2D eigenvalue weighted by Crippen LogP contribution is -2.33. The van der Waals surface area contributed by atoms with Crippen molar-refractivity contribution in [2.75, 3.05) is 28.2 Å². The Hall–Kier alpha value is -1.26. The summed E-state index contributed by atoms with van der Waals surface area (Å²) < 4.78 is 0. The van der Waals surface area contributed by atoms with Crippen LogP contribution < -0.4 is 5.32 Å². The largest absolute Gasteiger partial charge is 0.481 e. The van der Waals surface area contributed by atoms with Crippen molar-refractivity contribution in [1.29, 1.82) is 0 Å². The maximum absolute atomic E-state index is 10.1. The van der Waals surface area contributed by atoms with E-state index in [1.54, 1.807) is 7.05 Å². The molecule has 20 heavy (non-hydrogen) atoms. The number of carbonyl (C=O) groups is 1. The summed E-state index contributed by atoms with van der Waals surface area (Å²) in [5.41, 5.74) is 0. The van der Waals surface area contributed by atoms with E-state index in [2.05, 4.69) is 17.2 Å². The monoisotopic (exact) mass is 287 g/mol. The number of aliphatic imine (C=N–C) groups is 1. The standard InChI is InChI=1S/C10H20O2.C5H13N3/c1-2-3-4-5-6-7-8-9-10(11)12;1-6-5(7-2)8(3)4/h2-9H2,1H3,(H,11,12);1-4H3,(H,6,7). The summed E-state index contributed by atoms with van der Waals surface area (Å²) >= 11 is 0. The van der Waals surface area contributed by atoms with Crippen molar-refractivity contribution < 1.29 is 9.90 Å². The zero-order valence-corrected chi connectivity index (χ0v) is 13.9. The quantitative estimate of drug-likeness (QED) is 0.409. The topological polar surface area (TPSA) is 64.9 Å². The number of aliphatic carboxylic acids is 1. The molecule has 0 radical (unpaired) electrons. The van der Waals surface area contributed by atoms with Gasteiger partial charge in [-0.3, -0.25) is 9.79 Å². The average Bonchev–Trinajstić information content (AvgIpc) is 2.39. The average molecular weight is 287 g/mol. The van der Waals surface area contributed by atoms with Gasteiger partial charge in [-0.1, -0.05) is 45.4 Å². The van der Waals surface area contributed by atoms with E-state index in [0.29, 0.717) is 6.42 Å². The zero-order valence-electron chi connectivity index (χ0n) is 13.9. The van der Waals surface area contributed by atoms with Crippen molar-refractivity contribution in [3.05, 3.63) is 0 Å². The van der Waals surface area contributed by atoms with Crippen molar-refractivity contribution in [3.63, 3.8) is 0 Å². The molecular formula is C15H33N3O2. The van der Waals surface area contributed by atoms with Crippen LogP contribution in [0.25, 0.3) is 0 Å². The molecule has 0 bridgehead atoms. The van der Waals surface area contributed by atoms with Gasteiger partial charge in [0.2, 0.25) is 0 Å². The lowest BCUT2D eigenvalue weighted by atomic mass is 10.1. The normalized spacial score (nSPS) is 10.6. The molecule has 0 fully saturated rings. The van der Waals surface area contributed by atoms with E-state index in [4.69, 9.17) is 5.11 Å². The SMILES string of the molecule is CCCCCCCCCC(=O)O.CN=C(NC)N(C)C. The lowest BCUT2D eigenvalue weighted by Gasteiger charge is -2.12. The van der Waals surface area contributed by atoms with Gasteiger partial charge >= 0.3 is 5.97 Å². The second-order valence-corrected chi connectivity index (χ2v) is 4.96. The fourth-order valence-corrected chi connectivity index (χ4v) is 1.77. The molecule has 5 heteroatoms. The molecule has 0 aliphatic heterocycles. The van der Waals surface area contributed by atoms with E-state index >= 15 is 0 Å². The summed E-state index contributed by atoms with van der Waals surface area (Å²) in [5, 5.41) is 11.3. The number of unbranched alkanes of at least 4 members (excludes halogenated alkanes) is 6. The van der Waals surface area contributed by atoms with Crippen LogP contribution in [-0.4, -0.2) is 50.1 Å². The number of nitrogens with one attached hydrogen (secondary N) is 1. The summed E-state index contributed by atoms with van der Waals surface area (Å²) in [7, 11) is 7.49. The van der Waals surface area contributed by atoms with Gasteiger partial charge in [-0.2, -0.15) is 0 Å². The van der Waals surface area contributed by atoms with Gasteiger partial charge in [-0.25, -0.2) is 0 Å². The Morgan fingerprint density at radius 1 is 1.10 bits per heavy atom. The van der Waals surface area contributed by atoms with Crippen LogP contribution in [0, 0.1) is 0 Å². The predicted octanol–water partition coefficient (Wildman–Crippen LogP) is 2.96. The van der Waals surface area contributed by atoms with Crippen molar-refractivity contribution in [2.24, 2.45) is 4.99 Å². The molecule has 0 heterocycles. The molecule has 0 saturated carbocycles. The van der Waals surface area contributed by atoms with Crippen molar-refractivity contribution in [1.82, 2.24) is 10.2 Å². The summed E-state index contributed by atoms with van der Waals surface area (Å²) in [6.45, 7) is 2.20. The fourth-order valence-electron chi connectivity index (χ4n) is 1.77. The Labute approximate surface area is 124 Å². The van der Waals surface area contributed by atoms with Gasteiger partial charge in [-0.05, 0) is 6.42 Å². The van der Waals surface area contributed by atoms with Gasteiger partial charge < -0.3 is 15.3 Å². The van der Waals surface area contributed by atoms with Crippen LogP contribution in [0.4, 0.5) is 0 Å². The van der Waals surface area contributed by atoms with E-state index in [1.165, 1.54) is 32.1 Å². The summed E-state index contributed by atoms with van der Waals surface area (Å²) in [5.74, 6) is 0.230. The van der Waals surface area contributed by atoms with E-state index in [-0.39, 0.29) is 0 Å². The third kappa shape index (κ3) is 16.7. The first-order valence-corrected chi connectivity index (χ1v) is 7.53. The van der Waals surface area contributed by atoms with Crippen LogP contribution >= 0.6 is 0 Å². The second-order valence-electron chi connectivity index (χ2n) is 4.96. The third-order valence-electron chi connectivity index (χ3n) is 2.85. The minimum absolute atomic E-state index is 0.341. The first kappa shape index (κ1) is 21.0. The fraction of sp³-hybridized carbons (Fsp3) is 0.867. The van der Waals surface area contributed by atoms with E-state index in [0.717, 1.165) is 18.8 Å². The Balaban J connectivity index is 0. The Bertz CT molecular complexity index is 254. The van der Waals surface area contributed by atoms with Crippen molar-refractivity contribution >= 4 is 11.9 Å². The minimum Gasteiger partial charge on any atom is -0.481 e. The summed E-state index contributed by atoms with van der Waals surface area (Å²) in [6, 6.07) is 0. The van der Waals surface area contributed by atoms with Gasteiger partial charge in [0.25, 0.3) is 0 Å². The van der Waals surface area contributed by atoms with Gasteiger partial charge in [0, 0.05) is 34.6 Å². The highest BCUT2D eigenvalue weighted by molar-refractivity contribution is 5.78. The predicted molar refractivity (Wildman–Crippen MR) is 86.4 cm³/mol. The number of hydrogen-bond donors (Lipinski definition) is 2. The molecule has 0 aliphatic rings. The smallest absolute Gasteiger partial charge is 0.303 e. The molecule has 120 valence electrons. The molecule has 0 aromatic carbocycles. The molecule has 0 aromatic rings. The highest BCUT2D eigenvalue weighted by Gasteiger charge is 1.95. The zero-order chi connectivity index (χ0) is 15.8. The maximum atomic E-state index is 10.1. The number of guanidine groups is 1. The summed E-state index contributed by atoms with van der Waals surface area (Å²) in [4.78, 5) is 16.0. The van der Waals surface area contributed by atoms with Crippen LogP contribution in [0.3, 0.4) is 0 Å². The molecular weight excluding hydrogens is 254 g/mol. The van der Waals surface area contributed by atoms with Crippen LogP contribution in [0.5, 0.6) is 0 Å². The second kappa shape index (κ2) is 15.8. The lowest BCUT2D eigenvalue weighted by molar-refractivity contribution is -0.137. The Morgan fingerprint density at radius 2 is 1.60 bits per heavy atom. The van der Waals surface area contributed by atoms with Crippen molar-refractivity contribution in [3.8, 4) is 0 Å². The number of carboxylic acids is 1. The molecule has 0 rings (SSSR count). The summed E-state index contributed by atoms with van der Waals surface area (Å²) in [6.07, 6.45) is 8.64. The van der Waals surface area contributed by atoms with Gasteiger partial charge in [0.05, 0.1) is 0 Å². The number of hydrogen-bond acceptors (Lipinski definition) is 2. The van der Waals surface area contributed by atoms with Gasteiger partial charge in [0.1, 0.15) is 0 Å². The third-order valence-corrected chi connectivity index (χ3v) is 2.85. The van der Waals surface area contributed by atoms with Crippen LogP contribution in [0.1, 0.15) is 58.3 Å². The molecule has 0 aromatic heterocycles. The number of carboxylic acid groups (broad SMARTS) is 1. The molecule has 0 unspecified atom stereocenters. The van der Waals surface area contributed by atoms with E-state index in [1.807, 2.05) is 26.0 Å². The molecule has 0 saturated heterocycles. The highest BCUT2D eigenvalue weighted by atomic mass is 16.4. The van der Waals surface area contributed by atoms with Crippen LogP contribution in [-0.2, 0) is 4.79 Å². The van der Waals surface area contributed by atoms with E-state index in [9.17, 15) is 4.79 Å². The molecule has 0 amide bonds. The van der Waals surface area contributed by atoms with Gasteiger partial charge in [0.15, 0.2) is 5.96 Å². The molecule has 0 atom stereocenters. The molecule has 5 nitrogen and oxygen atoms in total.